The Bertz CT molecular complexity index is 125. The molecular formula is C9H19NO. The van der Waals surface area contributed by atoms with Gasteiger partial charge in [-0.1, -0.05) is 6.92 Å². The molecule has 2 nitrogen and oxygen atoms in total. The normalized spacial score (nSPS) is 32.5. The second-order valence-corrected chi connectivity index (χ2v) is 3.95. The molecule has 0 bridgehead atoms. The van der Waals surface area contributed by atoms with Gasteiger partial charge in [0.1, 0.15) is 0 Å². The van der Waals surface area contributed by atoms with E-state index in [9.17, 15) is 0 Å². The molecule has 0 aromatic rings. The van der Waals surface area contributed by atoms with Gasteiger partial charge in [0.2, 0.25) is 0 Å². The van der Waals surface area contributed by atoms with E-state index in [4.69, 9.17) is 4.84 Å². The Labute approximate surface area is 69.3 Å². The van der Waals surface area contributed by atoms with Crippen LogP contribution in [0.5, 0.6) is 0 Å². The Hall–Kier alpha value is -0.0800. The predicted molar refractivity (Wildman–Crippen MR) is 46.1 cm³/mol. The highest BCUT2D eigenvalue weighted by Crippen LogP contribution is 2.40. The van der Waals surface area contributed by atoms with Crippen molar-refractivity contribution in [2.45, 2.75) is 46.3 Å². The van der Waals surface area contributed by atoms with Crippen molar-refractivity contribution < 1.29 is 4.84 Å². The number of hydrogen-bond acceptors (Lipinski definition) is 2. The van der Waals surface area contributed by atoms with E-state index < -0.39 is 0 Å². The summed E-state index contributed by atoms with van der Waals surface area (Å²) >= 11 is 0. The zero-order valence-electron chi connectivity index (χ0n) is 7.92. The van der Waals surface area contributed by atoms with Gasteiger partial charge < -0.3 is 0 Å². The Kier molecular flexibility index (Phi) is 2.90. The van der Waals surface area contributed by atoms with Crippen LogP contribution in [0.15, 0.2) is 0 Å². The summed E-state index contributed by atoms with van der Waals surface area (Å²) in [7, 11) is 0. The highest BCUT2D eigenvalue weighted by atomic mass is 16.7. The summed E-state index contributed by atoms with van der Waals surface area (Å²) in [6, 6.07) is 0.521. The third kappa shape index (κ3) is 2.80. The van der Waals surface area contributed by atoms with Gasteiger partial charge in [-0.3, -0.25) is 4.84 Å². The molecule has 1 saturated carbocycles. The van der Waals surface area contributed by atoms with E-state index in [1.54, 1.807) is 0 Å². The first kappa shape index (κ1) is 9.01. The molecule has 1 rings (SSSR count). The molecule has 0 spiro atoms. The van der Waals surface area contributed by atoms with Crippen molar-refractivity contribution in [3.8, 4) is 0 Å². The average molecular weight is 157 g/mol. The SMILES string of the molecule is CC(C)ONC(C)C1CC1C. The zero-order chi connectivity index (χ0) is 8.43. The third-order valence-electron chi connectivity index (χ3n) is 2.30. The standard InChI is InChI=1S/C9H19NO/c1-6(2)11-10-8(4)9-5-7(9)3/h6-10H,5H2,1-4H3. The van der Waals surface area contributed by atoms with Crippen molar-refractivity contribution in [2.75, 3.05) is 0 Å². The zero-order valence-corrected chi connectivity index (χ0v) is 7.92. The van der Waals surface area contributed by atoms with Gasteiger partial charge in [0, 0.05) is 6.04 Å². The summed E-state index contributed by atoms with van der Waals surface area (Å²) in [5.41, 5.74) is 3.07. The maximum Gasteiger partial charge on any atom is 0.0734 e. The van der Waals surface area contributed by atoms with Gasteiger partial charge in [-0.15, -0.1) is 0 Å². The van der Waals surface area contributed by atoms with E-state index in [0.29, 0.717) is 6.04 Å². The van der Waals surface area contributed by atoms with Crippen LogP contribution >= 0.6 is 0 Å². The first-order valence-electron chi connectivity index (χ1n) is 4.52. The van der Waals surface area contributed by atoms with Crippen molar-refractivity contribution in [3.05, 3.63) is 0 Å². The van der Waals surface area contributed by atoms with Gasteiger partial charge in [-0.05, 0) is 39.0 Å². The Balaban J connectivity index is 2.07. The fourth-order valence-electron chi connectivity index (χ4n) is 1.38. The van der Waals surface area contributed by atoms with E-state index in [0.717, 1.165) is 11.8 Å². The van der Waals surface area contributed by atoms with Gasteiger partial charge >= 0.3 is 0 Å². The van der Waals surface area contributed by atoms with Gasteiger partial charge in [0.15, 0.2) is 0 Å². The minimum absolute atomic E-state index is 0.284. The lowest BCUT2D eigenvalue weighted by Gasteiger charge is -2.15. The third-order valence-corrected chi connectivity index (χ3v) is 2.30. The minimum atomic E-state index is 0.284. The van der Waals surface area contributed by atoms with Crippen LogP contribution in [0.4, 0.5) is 0 Å². The van der Waals surface area contributed by atoms with E-state index in [2.05, 4.69) is 19.3 Å². The number of rotatable bonds is 4. The molecule has 0 aromatic carbocycles. The van der Waals surface area contributed by atoms with Crippen LogP contribution in [0, 0.1) is 11.8 Å². The van der Waals surface area contributed by atoms with Gasteiger partial charge in [-0.2, -0.15) is 5.48 Å². The first-order valence-corrected chi connectivity index (χ1v) is 4.52. The van der Waals surface area contributed by atoms with E-state index >= 15 is 0 Å². The summed E-state index contributed by atoms with van der Waals surface area (Å²) in [6.45, 7) is 8.56. The van der Waals surface area contributed by atoms with Crippen LogP contribution in [-0.4, -0.2) is 12.1 Å². The number of hydroxylamine groups is 1. The van der Waals surface area contributed by atoms with Gasteiger partial charge in [0.05, 0.1) is 6.10 Å². The predicted octanol–water partition coefficient (Wildman–Crippen LogP) is 1.96. The molecule has 0 saturated heterocycles. The molecule has 3 atom stereocenters. The monoisotopic (exact) mass is 157 g/mol. The highest BCUT2D eigenvalue weighted by molar-refractivity contribution is 4.88. The second-order valence-electron chi connectivity index (χ2n) is 3.95. The van der Waals surface area contributed by atoms with E-state index in [1.165, 1.54) is 6.42 Å². The van der Waals surface area contributed by atoms with Crippen LogP contribution in [0.25, 0.3) is 0 Å². The topological polar surface area (TPSA) is 21.3 Å². The molecule has 0 amide bonds. The highest BCUT2D eigenvalue weighted by Gasteiger charge is 2.37. The fourth-order valence-corrected chi connectivity index (χ4v) is 1.38. The summed E-state index contributed by atoms with van der Waals surface area (Å²) in [4.78, 5) is 5.30. The summed E-state index contributed by atoms with van der Waals surface area (Å²) in [6.07, 6.45) is 1.64. The fraction of sp³-hybridized carbons (Fsp3) is 1.00. The molecular weight excluding hydrogens is 138 g/mol. The molecule has 1 fully saturated rings. The molecule has 0 aliphatic heterocycles. The lowest BCUT2D eigenvalue weighted by Crippen LogP contribution is -2.31. The van der Waals surface area contributed by atoms with E-state index in [1.807, 2.05) is 13.8 Å². The number of nitrogens with one attached hydrogen (secondary N) is 1. The van der Waals surface area contributed by atoms with Crippen LogP contribution in [-0.2, 0) is 4.84 Å². The average Bonchev–Trinajstić information content (AvgIpc) is 2.61. The lowest BCUT2D eigenvalue weighted by molar-refractivity contribution is -0.0272. The van der Waals surface area contributed by atoms with Crippen molar-refractivity contribution >= 4 is 0 Å². The molecule has 66 valence electrons. The summed E-state index contributed by atoms with van der Waals surface area (Å²) < 4.78 is 0. The maximum atomic E-state index is 5.30. The molecule has 2 heteroatoms. The van der Waals surface area contributed by atoms with Crippen LogP contribution in [0.2, 0.25) is 0 Å². The largest absolute Gasteiger partial charge is 0.299 e. The van der Waals surface area contributed by atoms with Gasteiger partial charge in [0.25, 0.3) is 0 Å². The molecule has 0 heterocycles. The van der Waals surface area contributed by atoms with Crippen LogP contribution in [0.3, 0.4) is 0 Å². The maximum absolute atomic E-state index is 5.30. The number of hydrogen-bond donors (Lipinski definition) is 1. The molecule has 0 aromatic heterocycles. The minimum Gasteiger partial charge on any atom is -0.299 e. The quantitative estimate of drug-likeness (QED) is 0.630. The van der Waals surface area contributed by atoms with Crippen molar-refractivity contribution in [1.82, 2.24) is 5.48 Å². The van der Waals surface area contributed by atoms with Crippen molar-refractivity contribution in [2.24, 2.45) is 11.8 Å². The molecule has 0 radical (unpaired) electrons. The Morgan fingerprint density at radius 1 is 1.36 bits per heavy atom. The molecule has 3 unspecified atom stereocenters. The lowest BCUT2D eigenvalue weighted by atomic mass is 10.2. The summed E-state index contributed by atoms with van der Waals surface area (Å²) in [5, 5.41) is 0. The molecule has 11 heavy (non-hydrogen) atoms. The Morgan fingerprint density at radius 3 is 2.27 bits per heavy atom. The molecule has 1 N–H and O–H groups in total. The van der Waals surface area contributed by atoms with Crippen LogP contribution < -0.4 is 5.48 Å². The second kappa shape index (κ2) is 3.55. The van der Waals surface area contributed by atoms with E-state index in [-0.39, 0.29) is 6.10 Å². The van der Waals surface area contributed by atoms with Crippen LogP contribution in [0.1, 0.15) is 34.1 Å². The van der Waals surface area contributed by atoms with Gasteiger partial charge in [-0.25, -0.2) is 0 Å². The first-order chi connectivity index (χ1) is 5.11. The summed E-state index contributed by atoms with van der Waals surface area (Å²) in [5.74, 6) is 1.74. The van der Waals surface area contributed by atoms with Crippen molar-refractivity contribution in [3.63, 3.8) is 0 Å². The van der Waals surface area contributed by atoms with Crippen molar-refractivity contribution in [1.29, 1.82) is 0 Å². The Morgan fingerprint density at radius 2 is 1.91 bits per heavy atom. The smallest absolute Gasteiger partial charge is 0.0734 e. The molecule has 1 aliphatic carbocycles. The molecule has 1 aliphatic rings.